The van der Waals surface area contributed by atoms with E-state index in [4.69, 9.17) is 0 Å². The van der Waals surface area contributed by atoms with Gasteiger partial charge in [-0.15, -0.1) is 4.91 Å². The van der Waals surface area contributed by atoms with Gasteiger partial charge in [-0.25, -0.2) is 4.98 Å². The quantitative estimate of drug-likeness (QED) is 0.365. The Labute approximate surface area is 61.0 Å². The average molecular weight is 153 g/mol. The van der Waals surface area contributed by atoms with Crippen LogP contribution in [0.5, 0.6) is 0 Å². The molecule has 0 aliphatic carbocycles. The lowest BCUT2D eigenvalue weighted by Crippen LogP contribution is -1.88. The Hall–Kier alpha value is -1.85. The molecule has 1 heterocycles. The molecule has 0 saturated heterocycles. The summed E-state index contributed by atoms with van der Waals surface area (Å²) in [6.45, 7) is 0. The molecule has 0 saturated carbocycles. The smallest absolute Gasteiger partial charge is 0.258 e. The highest BCUT2D eigenvalue weighted by molar-refractivity contribution is 5.49. The van der Waals surface area contributed by atoms with Crippen molar-refractivity contribution < 1.29 is 4.92 Å². The van der Waals surface area contributed by atoms with Crippen molar-refractivity contribution in [1.82, 2.24) is 4.98 Å². The Bertz CT molecular complexity index is 299. The first-order valence-corrected chi connectivity index (χ1v) is 2.68. The molecule has 0 radical (unpaired) electrons. The third-order valence-electron chi connectivity index (χ3n) is 1.05. The van der Waals surface area contributed by atoms with Gasteiger partial charge in [-0.05, 0) is 11.2 Å². The van der Waals surface area contributed by atoms with Crippen LogP contribution in [0.3, 0.4) is 0 Å². The van der Waals surface area contributed by atoms with Crippen LogP contribution in [0, 0.1) is 15.0 Å². The molecular formula is C5H3N3O3. The lowest BCUT2D eigenvalue weighted by molar-refractivity contribution is -0.384. The fourth-order valence-electron chi connectivity index (χ4n) is 0.601. The minimum atomic E-state index is -0.705. The molecule has 0 atom stereocenters. The van der Waals surface area contributed by atoms with Gasteiger partial charge in [-0.2, -0.15) is 0 Å². The number of rotatable bonds is 2. The maximum atomic E-state index is 10.1. The molecular weight excluding hydrogens is 150 g/mol. The highest BCUT2D eigenvalue weighted by atomic mass is 16.6. The third-order valence-corrected chi connectivity index (χ3v) is 1.05. The predicted octanol–water partition coefficient (Wildman–Crippen LogP) is 1.39. The van der Waals surface area contributed by atoms with Gasteiger partial charge in [-0.3, -0.25) is 10.1 Å². The van der Waals surface area contributed by atoms with Gasteiger partial charge in [0.15, 0.2) is 0 Å². The second-order valence-corrected chi connectivity index (χ2v) is 1.69. The number of hydrogen-bond donors (Lipinski definition) is 0. The van der Waals surface area contributed by atoms with Crippen molar-refractivity contribution in [3.05, 3.63) is 33.4 Å². The molecule has 0 bridgehead atoms. The molecule has 0 aliphatic rings. The Kier molecular flexibility index (Phi) is 1.86. The lowest BCUT2D eigenvalue weighted by Gasteiger charge is -1.89. The van der Waals surface area contributed by atoms with Crippen molar-refractivity contribution in [2.24, 2.45) is 5.18 Å². The van der Waals surface area contributed by atoms with Crippen LogP contribution in [0.1, 0.15) is 0 Å². The van der Waals surface area contributed by atoms with Gasteiger partial charge in [0.2, 0.25) is 0 Å². The maximum Gasteiger partial charge on any atom is 0.317 e. The van der Waals surface area contributed by atoms with Gasteiger partial charge in [0.25, 0.3) is 5.82 Å². The number of hydrogen-bond acceptors (Lipinski definition) is 5. The minimum Gasteiger partial charge on any atom is -0.258 e. The largest absolute Gasteiger partial charge is 0.317 e. The van der Waals surface area contributed by atoms with Crippen LogP contribution in [0.4, 0.5) is 11.5 Å². The summed E-state index contributed by atoms with van der Waals surface area (Å²) in [5, 5.41) is 12.5. The molecule has 56 valence electrons. The molecule has 0 unspecified atom stereocenters. The van der Waals surface area contributed by atoms with Crippen LogP contribution in [0.2, 0.25) is 0 Å². The molecule has 1 rings (SSSR count). The molecule has 0 spiro atoms. The Morgan fingerprint density at radius 1 is 1.64 bits per heavy atom. The average Bonchev–Trinajstić information content (AvgIpc) is 2.04. The zero-order valence-electron chi connectivity index (χ0n) is 5.30. The van der Waals surface area contributed by atoms with Crippen LogP contribution < -0.4 is 0 Å². The van der Waals surface area contributed by atoms with Crippen LogP contribution in [0.25, 0.3) is 0 Å². The fourth-order valence-corrected chi connectivity index (χ4v) is 0.601. The summed E-state index contributed by atoms with van der Waals surface area (Å²) >= 11 is 0. The van der Waals surface area contributed by atoms with Gasteiger partial charge in [0.05, 0.1) is 4.92 Å². The van der Waals surface area contributed by atoms with Crippen LogP contribution in [-0.4, -0.2) is 9.91 Å². The van der Waals surface area contributed by atoms with Crippen LogP contribution in [-0.2, 0) is 0 Å². The summed E-state index contributed by atoms with van der Waals surface area (Å²) in [6.07, 6.45) is 1.27. The first-order chi connectivity index (χ1) is 5.25. The zero-order chi connectivity index (χ0) is 8.27. The molecule has 0 aromatic carbocycles. The normalized spacial score (nSPS) is 9.09. The van der Waals surface area contributed by atoms with Crippen molar-refractivity contribution in [2.45, 2.75) is 0 Å². The molecule has 1 aromatic rings. The molecule has 0 amide bonds. The van der Waals surface area contributed by atoms with E-state index in [0.29, 0.717) is 0 Å². The molecule has 0 aliphatic heterocycles. The first kappa shape index (κ1) is 7.26. The van der Waals surface area contributed by atoms with E-state index in [-0.39, 0.29) is 5.69 Å². The second-order valence-electron chi connectivity index (χ2n) is 1.69. The topological polar surface area (TPSA) is 85.5 Å². The van der Waals surface area contributed by atoms with E-state index in [1.807, 2.05) is 0 Å². The Morgan fingerprint density at radius 3 is 2.82 bits per heavy atom. The summed E-state index contributed by atoms with van der Waals surface area (Å²) in [6, 6.07) is 2.54. The third kappa shape index (κ3) is 1.34. The summed E-state index contributed by atoms with van der Waals surface area (Å²) in [7, 11) is 0. The lowest BCUT2D eigenvalue weighted by atomic mass is 10.4. The SMILES string of the molecule is O=Nc1ncccc1[N+](=O)[O-]. The number of pyridine rings is 1. The maximum absolute atomic E-state index is 10.1. The van der Waals surface area contributed by atoms with Gasteiger partial charge < -0.3 is 0 Å². The number of nitrogens with zero attached hydrogens (tertiary/aromatic N) is 3. The van der Waals surface area contributed by atoms with E-state index in [1.165, 1.54) is 18.3 Å². The molecule has 0 fully saturated rings. The molecule has 0 N–H and O–H groups in total. The molecule has 6 nitrogen and oxygen atoms in total. The highest BCUT2D eigenvalue weighted by Gasteiger charge is 2.13. The van der Waals surface area contributed by atoms with Crippen molar-refractivity contribution in [3.63, 3.8) is 0 Å². The van der Waals surface area contributed by atoms with Crippen molar-refractivity contribution >= 4 is 11.5 Å². The summed E-state index contributed by atoms with van der Waals surface area (Å²) in [5.41, 5.74) is -0.373. The molecule has 6 heteroatoms. The molecule has 1 aromatic heterocycles. The number of aromatic nitrogens is 1. The standard InChI is InChI=1S/C5H3N3O3/c9-7-5-4(8(10)11)2-1-3-6-5/h1-3H. The number of nitro groups is 1. The minimum absolute atomic E-state index is 0.373. The van der Waals surface area contributed by atoms with Gasteiger partial charge in [0, 0.05) is 12.3 Å². The van der Waals surface area contributed by atoms with E-state index in [9.17, 15) is 15.0 Å². The van der Waals surface area contributed by atoms with E-state index >= 15 is 0 Å². The monoisotopic (exact) mass is 153 g/mol. The molecule has 11 heavy (non-hydrogen) atoms. The van der Waals surface area contributed by atoms with Crippen LogP contribution in [0.15, 0.2) is 23.5 Å². The van der Waals surface area contributed by atoms with Gasteiger partial charge in [0.1, 0.15) is 0 Å². The van der Waals surface area contributed by atoms with Crippen molar-refractivity contribution in [1.29, 1.82) is 0 Å². The Balaban J connectivity index is 3.22. The second kappa shape index (κ2) is 2.82. The summed E-state index contributed by atoms with van der Waals surface area (Å²) in [5.74, 6) is -0.391. The van der Waals surface area contributed by atoms with Gasteiger partial charge >= 0.3 is 5.69 Å². The van der Waals surface area contributed by atoms with Gasteiger partial charge in [-0.1, -0.05) is 0 Å². The van der Waals surface area contributed by atoms with E-state index in [1.54, 1.807) is 0 Å². The zero-order valence-corrected chi connectivity index (χ0v) is 5.30. The van der Waals surface area contributed by atoms with E-state index < -0.39 is 10.7 Å². The van der Waals surface area contributed by atoms with Crippen molar-refractivity contribution in [3.8, 4) is 0 Å². The number of nitroso groups, excluding NO2 is 1. The summed E-state index contributed by atoms with van der Waals surface area (Å²) < 4.78 is 0. The van der Waals surface area contributed by atoms with E-state index in [0.717, 1.165) is 0 Å². The highest BCUT2D eigenvalue weighted by Crippen LogP contribution is 2.22. The predicted molar refractivity (Wildman–Crippen MR) is 36.3 cm³/mol. The van der Waals surface area contributed by atoms with Crippen LogP contribution >= 0.6 is 0 Å². The fraction of sp³-hybridized carbons (Fsp3) is 0. The first-order valence-electron chi connectivity index (χ1n) is 2.68. The van der Waals surface area contributed by atoms with Crippen molar-refractivity contribution in [2.75, 3.05) is 0 Å². The Morgan fingerprint density at radius 2 is 2.36 bits per heavy atom. The van der Waals surface area contributed by atoms with E-state index in [2.05, 4.69) is 10.2 Å². The summed E-state index contributed by atoms with van der Waals surface area (Å²) in [4.78, 5) is 22.8.